The maximum Gasteiger partial charge on any atom is 0.140 e. The van der Waals surface area contributed by atoms with Crippen LogP contribution >= 0.6 is 38.5 Å². The maximum absolute atomic E-state index is 6.02. The zero-order valence-corrected chi connectivity index (χ0v) is 14.4. The van der Waals surface area contributed by atoms with Crippen molar-refractivity contribution in [1.29, 1.82) is 0 Å². The minimum atomic E-state index is 0.800. The number of benzene rings is 2. The molecule has 0 aliphatic carbocycles. The van der Waals surface area contributed by atoms with Crippen molar-refractivity contribution in [1.82, 2.24) is 5.32 Å². The van der Waals surface area contributed by atoms with Crippen LogP contribution in [0.2, 0.25) is 0 Å². The third-order valence-corrected chi connectivity index (χ3v) is 4.03. The van der Waals surface area contributed by atoms with E-state index in [9.17, 15) is 0 Å². The van der Waals surface area contributed by atoms with Gasteiger partial charge in [-0.05, 0) is 59.5 Å². The van der Waals surface area contributed by atoms with Gasteiger partial charge in [0.15, 0.2) is 0 Å². The summed E-state index contributed by atoms with van der Waals surface area (Å²) in [5.74, 6) is 1.79. The minimum absolute atomic E-state index is 0.800. The molecule has 1 N–H and O–H groups in total. The van der Waals surface area contributed by atoms with Crippen LogP contribution in [0.3, 0.4) is 0 Å². The van der Waals surface area contributed by atoms with Crippen LogP contribution in [0.4, 0.5) is 0 Å². The zero-order chi connectivity index (χ0) is 13.7. The van der Waals surface area contributed by atoms with E-state index in [1.54, 1.807) is 0 Å². The van der Waals surface area contributed by atoms with Gasteiger partial charge in [-0.1, -0.05) is 35.0 Å². The first kappa shape index (κ1) is 14.8. The molecule has 2 rings (SSSR count). The summed E-state index contributed by atoms with van der Waals surface area (Å²) in [7, 11) is 0. The van der Waals surface area contributed by atoms with E-state index < -0.39 is 0 Å². The van der Waals surface area contributed by atoms with E-state index >= 15 is 0 Å². The second-order valence-electron chi connectivity index (χ2n) is 4.06. The molecule has 0 amide bonds. The molecule has 0 aliphatic heterocycles. The lowest BCUT2D eigenvalue weighted by Crippen LogP contribution is -2.12. The summed E-state index contributed by atoms with van der Waals surface area (Å²) < 4.78 is 8.20. The van der Waals surface area contributed by atoms with Crippen LogP contribution in [0.1, 0.15) is 12.5 Å². The summed E-state index contributed by atoms with van der Waals surface area (Å²) in [6.07, 6.45) is 0. The lowest BCUT2D eigenvalue weighted by atomic mass is 10.2. The van der Waals surface area contributed by atoms with E-state index in [2.05, 4.69) is 56.8 Å². The average molecular weight is 432 g/mol. The topological polar surface area (TPSA) is 21.3 Å². The summed E-state index contributed by atoms with van der Waals surface area (Å²) >= 11 is 5.79. The molecule has 0 saturated carbocycles. The highest BCUT2D eigenvalue weighted by Gasteiger charge is 2.07. The maximum atomic E-state index is 6.02. The van der Waals surface area contributed by atoms with Crippen LogP contribution in [0.5, 0.6) is 11.5 Å². The zero-order valence-electron chi connectivity index (χ0n) is 10.6. The smallest absolute Gasteiger partial charge is 0.140 e. The lowest BCUT2D eigenvalue weighted by molar-refractivity contribution is 0.470. The van der Waals surface area contributed by atoms with Crippen molar-refractivity contribution in [3.05, 3.63) is 56.1 Å². The Morgan fingerprint density at radius 1 is 1.16 bits per heavy atom. The fraction of sp³-hybridized carbons (Fsp3) is 0.200. The summed E-state index contributed by atoms with van der Waals surface area (Å²) in [4.78, 5) is 0. The number of hydrogen-bond donors (Lipinski definition) is 1. The van der Waals surface area contributed by atoms with Gasteiger partial charge in [0.05, 0.1) is 3.57 Å². The third kappa shape index (κ3) is 4.19. The van der Waals surface area contributed by atoms with Gasteiger partial charge in [-0.2, -0.15) is 0 Å². The van der Waals surface area contributed by atoms with Crippen molar-refractivity contribution in [3.8, 4) is 11.5 Å². The largest absolute Gasteiger partial charge is 0.456 e. The molecule has 0 radical (unpaired) electrons. The van der Waals surface area contributed by atoms with E-state index in [1.165, 1.54) is 0 Å². The molecule has 0 atom stereocenters. The molecule has 0 spiro atoms. The molecule has 0 fully saturated rings. The predicted octanol–water partition coefficient (Wildman–Crippen LogP) is 4.96. The molecule has 100 valence electrons. The fourth-order valence-corrected chi connectivity index (χ4v) is 2.60. The Bertz CT molecular complexity index is 560. The molecular formula is C15H15BrINO. The molecule has 0 unspecified atom stereocenters. The number of nitrogens with one attached hydrogen (secondary N) is 1. The number of para-hydroxylation sites is 1. The molecule has 0 aromatic heterocycles. The lowest BCUT2D eigenvalue weighted by Gasteiger charge is -2.13. The standard InChI is InChI=1S/C15H15BrINO/c1-2-18-10-11-9-12(16)7-8-14(11)19-15-6-4-3-5-13(15)17/h3-9,18H,2,10H2,1H3. The number of hydrogen-bond acceptors (Lipinski definition) is 2. The summed E-state index contributed by atoms with van der Waals surface area (Å²) in [6, 6.07) is 14.1. The van der Waals surface area contributed by atoms with Crippen molar-refractivity contribution in [2.75, 3.05) is 6.54 Å². The van der Waals surface area contributed by atoms with E-state index in [4.69, 9.17) is 4.74 Å². The Labute approximate surface area is 135 Å². The molecule has 0 heterocycles. The second-order valence-corrected chi connectivity index (χ2v) is 6.14. The van der Waals surface area contributed by atoms with Crippen LogP contribution in [-0.2, 0) is 6.54 Å². The Morgan fingerprint density at radius 2 is 1.95 bits per heavy atom. The van der Waals surface area contributed by atoms with Crippen molar-refractivity contribution in [3.63, 3.8) is 0 Å². The van der Waals surface area contributed by atoms with Gasteiger partial charge in [0.2, 0.25) is 0 Å². The highest BCUT2D eigenvalue weighted by molar-refractivity contribution is 14.1. The normalized spacial score (nSPS) is 10.5. The second kappa shape index (κ2) is 7.26. The molecule has 2 aromatic carbocycles. The van der Waals surface area contributed by atoms with Gasteiger partial charge >= 0.3 is 0 Å². The summed E-state index contributed by atoms with van der Waals surface area (Å²) in [5.41, 5.74) is 1.15. The van der Waals surface area contributed by atoms with Gasteiger partial charge in [0.1, 0.15) is 11.5 Å². The van der Waals surface area contributed by atoms with Crippen LogP contribution in [0.25, 0.3) is 0 Å². The van der Waals surface area contributed by atoms with E-state index in [0.717, 1.165) is 38.2 Å². The average Bonchev–Trinajstić information content (AvgIpc) is 2.41. The molecule has 0 aliphatic rings. The van der Waals surface area contributed by atoms with E-state index in [1.807, 2.05) is 36.4 Å². The predicted molar refractivity (Wildman–Crippen MR) is 90.8 cm³/mol. The van der Waals surface area contributed by atoms with E-state index in [0.29, 0.717) is 0 Å². The molecule has 0 bridgehead atoms. The minimum Gasteiger partial charge on any atom is -0.456 e. The first-order valence-corrected chi connectivity index (χ1v) is 7.99. The van der Waals surface area contributed by atoms with Crippen molar-refractivity contribution >= 4 is 38.5 Å². The first-order chi connectivity index (χ1) is 9.20. The van der Waals surface area contributed by atoms with Crippen LogP contribution < -0.4 is 10.1 Å². The summed E-state index contributed by atoms with van der Waals surface area (Å²) in [6.45, 7) is 3.84. The molecule has 4 heteroatoms. The van der Waals surface area contributed by atoms with Crippen molar-refractivity contribution in [2.45, 2.75) is 13.5 Å². The van der Waals surface area contributed by atoms with Gasteiger partial charge in [0, 0.05) is 16.6 Å². The van der Waals surface area contributed by atoms with Gasteiger partial charge in [-0.15, -0.1) is 0 Å². The van der Waals surface area contributed by atoms with Gasteiger partial charge in [0.25, 0.3) is 0 Å². The molecule has 2 nitrogen and oxygen atoms in total. The third-order valence-electron chi connectivity index (χ3n) is 2.64. The van der Waals surface area contributed by atoms with Crippen molar-refractivity contribution < 1.29 is 4.74 Å². The molecule has 2 aromatic rings. The number of rotatable bonds is 5. The Morgan fingerprint density at radius 3 is 2.68 bits per heavy atom. The highest BCUT2D eigenvalue weighted by Crippen LogP contribution is 2.30. The van der Waals surface area contributed by atoms with Crippen LogP contribution in [0, 0.1) is 3.57 Å². The van der Waals surface area contributed by atoms with Gasteiger partial charge < -0.3 is 10.1 Å². The van der Waals surface area contributed by atoms with Crippen molar-refractivity contribution in [2.24, 2.45) is 0 Å². The monoisotopic (exact) mass is 431 g/mol. The summed E-state index contributed by atoms with van der Waals surface area (Å²) in [5, 5.41) is 3.33. The Hall–Kier alpha value is -0.590. The number of halogens is 2. The fourth-order valence-electron chi connectivity index (χ4n) is 1.69. The number of ether oxygens (including phenoxy) is 1. The Balaban J connectivity index is 2.26. The Kier molecular flexibility index (Phi) is 5.66. The molecular weight excluding hydrogens is 417 g/mol. The van der Waals surface area contributed by atoms with Crippen LogP contribution in [-0.4, -0.2) is 6.54 Å². The van der Waals surface area contributed by atoms with Gasteiger partial charge in [-0.3, -0.25) is 0 Å². The van der Waals surface area contributed by atoms with Gasteiger partial charge in [-0.25, -0.2) is 0 Å². The first-order valence-electron chi connectivity index (χ1n) is 6.12. The van der Waals surface area contributed by atoms with Crippen LogP contribution in [0.15, 0.2) is 46.9 Å². The van der Waals surface area contributed by atoms with E-state index in [-0.39, 0.29) is 0 Å². The quantitative estimate of drug-likeness (QED) is 0.676. The SMILES string of the molecule is CCNCc1cc(Br)ccc1Oc1ccccc1I. The highest BCUT2D eigenvalue weighted by atomic mass is 127. The molecule has 0 saturated heterocycles. The molecule has 19 heavy (non-hydrogen) atoms.